The Morgan fingerprint density at radius 3 is 1.96 bits per heavy atom. The average molecular weight is 384 g/mol. The van der Waals surface area contributed by atoms with Crippen molar-refractivity contribution in [3.05, 3.63) is 35.4 Å². The molecule has 4 fully saturated rings. The third-order valence-corrected chi connectivity index (χ3v) is 7.38. The van der Waals surface area contributed by atoms with Gasteiger partial charge < -0.3 is 10.4 Å². The highest BCUT2D eigenvalue weighted by Gasteiger charge is 2.54. The molecule has 0 radical (unpaired) electrons. The Labute approximate surface area is 168 Å². The fourth-order valence-electron chi connectivity index (χ4n) is 6.28. The average Bonchev–Trinajstić information content (AvgIpc) is 2.59. The zero-order chi connectivity index (χ0) is 20.1. The van der Waals surface area contributed by atoms with Crippen molar-refractivity contribution in [2.75, 3.05) is 0 Å². The Balaban J connectivity index is 1.45. The molecule has 0 unspecified atom stereocenters. The molecule has 1 aromatic rings. The van der Waals surface area contributed by atoms with Crippen molar-refractivity contribution < 1.29 is 14.7 Å². The van der Waals surface area contributed by atoms with Gasteiger partial charge in [-0.25, -0.2) is 4.79 Å². The number of carbonyl (C=O) groups excluding carboxylic acids is 1. The Bertz CT molecular complexity index is 724. The number of carboxylic acid groups (broad SMARTS) is 1. The van der Waals surface area contributed by atoms with Gasteiger partial charge in [0.1, 0.15) is 6.04 Å². The van der Waals surface area contributed by atoms with E-state index in [1.54, 1.807) is 0 Å². The predicted octanol–water partition coefficient (Wildman–Crippen LogP) is 4.31. The highest BCUT2D eigenvalue weighted by atomic mass is 16.4. The summed E-state index contributed by atoms with van der Waals surface area (Å²) in [5, 5.41) is 12.7. The van der Waals surface area contributed by atoms with Crippen molar-refractivity contribution in [2.45, 2.75) is 77.2 Å². The number of hydrogen-bond donors (Lipinski definition) is 2. The number of aliphatic carboxylic acids is 1. The van der Waals surface area contributed by atoms with E-state index < -0.39 is 12.0 Å². The van der Waals surface area contributed by atoms with Gasteiger partial charge in [0, 0.05) is 11.8 Å². The van der Waals surface area contributed by atoms with E-state index >= 15 is 0 Å². The quantitative estimate of drug-likeness (QED) is 0.796. The number of nitrogens with one attached hydrogen (secondary N) is 1. The van der Waals surface area contributed by atoms with Crippen molar-refractivity contribution in [1.29, 1.82) is 0 Å². The maximum absolute atomic E-state index is 13.2. The SMILES string of the molecule is CC(C)(C)c1ccc(C[C@H](NC(=O)C23CC4CC(CC(C4)C2)C3)C(=O)O)cc1. The van der Waals surface area contributed by atoms with Crippen LogP contribution >= 0.6 is 0 Å². The van der Waals surface area contributed by atoms with Crippen molar-refractivity contribution in [2.24, 2.45) is 23.2 Å². The molecule has 0 spiro atoms. The van der Waals surface area contributed by atoms with Crippen molar-refractivity contribution >= 4 is 11.9 Å². The van der Waals surface area contributed by atoms with Crippen LogP contribution in [-0.4, -0.2) is 23.0 Å². The van der Waals surface area contributed by atoms with E-state index in [1.165, 1.54) is 24.8 Å². The van der Waals surface area contributed by atoms with E-state index in [0.29, 0.717) is 24.2 Å². The molecule has 4 aliphatic carbocycles. The van der Waals surface area contributed by atoms with Gasteiger partial charge in [-0.15, -0.1) is 0 Å². The lowest BCUT2D eigenvalue weighted by atomic mass is 9.49. The first-order valence-electron chi connectivity index (χ1n) is 10.8. The third-order valence-electron chi connectivity index (χ3n) is 7.38. The van der Waals surface area contributed by atoms with E-state index in [4.69, 9.17) is 0 Å². The Morgan fingerprint density at radius 1 is 1.04 bits per heavy atom. The topological polar surface area (TPSA) is 66.4 Å². The van der Waals surface area contributed by atoms with E-state index in [1.807, 2.05) is 12.1 Å². The molecule has 1 atom stereocenters. The molecule has 152 valence electrons. The van der Waals surface area contributed by atoms with Gasteiger partial charge in [0.05, 0.1) is 0 Å². The molecule has 4 heteroatoms. The van der Waals surface area contributed by atoms with Crippen LogP contribution in [0.5, 0.6) is 0 Å². The highest BCUT2D eigenvalue weighted by molar-refractivity contribution is 5.88. The second kappa shape index (κ2) is 6.89. The Hall–Kier alpha value is -1.84. The molecule has 2 N–H and O–H groups in total. The molecular weight excluding hydrogens is 350 g/mol. The van der Waals surface area contributed by atoms with E-state index in [0.717, 1.165) is 24.8 Å². The normalized spacial score (nSPS) is 32.2. The zero-order valence-corrected chi connectivity index (χ0v) is 17.3. The summed E-state index contributed by atoms with van der Waals surface area (Å²) >= 11 is 0. The zero-order valence-electron chi connectivity index (χ0n) is 17.3. The maximum atomic E-state index is 13.2. The standard InChI is InChI=1S/C24H33NO3/c1-23(2,3)19-6-4-15(5-7-19)11-20(21(26)27)25-22(28)24-12-16-8-17(13-24)10-18(9-16)14-24/h4-7,16-18,20H,8-14H2,1-3H3,(H,25,28)(H,26,27)/t16?,17?,18?,20-,24?/m0/s1. The number of carbonyl (C=O) groups is 2. The summed E-state index contributed by atoms with van der Waals surface area (Å²) in [6, 6.07) is 7.26. The number of rotatable bonds is 5. The second-order valence-electron chi connectivity index (χ2n) is 10.7. The van der Waals surface area contributed by atoms with Crippen LogP contribution in [0.15, 0.2) is 24.3 Å². The van der Waals surface area contributed by atoms with Gasteiger partial charge in [-0.05, 0) is 72.8 Å². The summed E-state index contributed by atoms with van der Waals surface area (Å²) in [6.07, 6.45) is 7.02. The minimum Gasteiger partial charge on any atom is -0.480 e. The fourth-order valence-corrected chi connectivity index (χ4v) is 6.28. The van der Waals surface area contributed by atoms with Gasteiger partial charge in [0.2, 0.25) is 5.91 Å². The molecular formula is C24H33NO3. The summed E-state index contributed by atoms with van der Waals surface area (Å²) in [7, 11) is 0. The van der Waals surface area contributed by atoms with E-state index in [2.05, 4.69) is 38.2 Å². The first-order chi connectivity index (χ1) is 13.1. The Morgan fingerprint density at radius 2 is 1.54 bits per heavy atom. The summed E-state index contributed by atoms with van der Waals surface area (Å²) < 4.78 is 0. The molecule has 0 aromatic heterocycles. The molecule has 1 amide bonds. The first-order valence-corrected chi connectivity index (χ1v) is 10.8. The number of amides is 1. The fraction of sp³-hybridized carbons (Fsp3) is 0.667. The molecule has 4 aliphatic rings. The van der Waals surface area contributed by atoms with E-state index in [9.17, 15) is 14.7 Å². The van der Waals surface area contributed by atoms with Crippen LogP contribution in [0, 0.1) is 23.2 Å². The highest BCUT2D eigenvalue weighted by Crippen LogP contribution is 2.60. The van der Waals surface area contributed by atoms with Gasteiger partial charge in [-0.2, -0.15) is 0 Å². The summed E-state index contributed by atoms with van der Waals surface area (Å²) in [6.45, 7) is 6.48. The minimum atomic E-state index is -0.946. The molecule has 4 saturated carbocycles. The van der Waals surface area contributed by atoms with Crippen LogP contribution in [0.25, 0.3) is 0 Å². The van der Waals surface area contributed by atoms with Crippen LogP contribution in [0.1, 0.15) is 70.4 Å². The summed E-state index contributed by atoms with van der Waals surface area (Å²) in [5.41, 5.74) is 1.93. The monoisotopic (exact) mass is 383 g/mol. The molecule has 5 rings (SSSR count). The van der Waals surface area contributed by atoms with Crippen LogP contribution < -0.4 is 5.32 Å². The third kappa shape index (κ3) is 3.70. The van der Waals surface area contributed by atoms with Crippen LogP contribution in [0.3, 0.4) is 0 Å². The molecule has 0 saturated heterocycles. The largest absolute Gasteiger partial charge is 0.480 e. The van der Waals surface area contributed by atoms with Gasteiger partial charge in [-0.1, -0.05) is 45.0 Å². The lowest BCUT2D eigenvalue weighted by Crippen LogP contribution is -2.56. The Kier molecular flexibility index (Phi) is 4.79. The van der Waals surface area contributed by atoms with Crippen LogP contribution in [0.4, 0.5) is 0 Å². The number of carboxylic acids is 1. The second-order valence-corrected chi connectivity index (χ2v) is 10.7. The molecule has 1 aromatic carbocycles. The number of benzene rings is 1. The summed E-state index contributed by atoms with van der Waals surface area (Å²) in [5.74, 6) is 1.06. The summed E-state index contributed by atoms with van der Waals surface area (Å²) in [4.78, 5) is 25.1. The molecule has 28 heavy (non-hydrogen) atoms. The van der Waals surface area contributed by atoms with Gasteiger partial charge >= 0.3 is 5.97 Å². The predicted molar refractivity (Wildman–Crippen MR) is 109 cm³/mol. The smallest absolute Gasteiger partial charge is 0.326 e. The van der Waals surface area contributed by atoms with Crippen molar-refractivity contribution in [3.8, 4) is 0 Å². The molecule has 4 bridgehead atoms. The number of hydrogen-bond acceptors (Lipinski definition) is 2. The van der Waals surface area contributed by atoms with E-state index in [-0.39, 0.29) is 16.7 Å². The molecule has 0 aliphatic heterocycles. The van der Waals surface area contributed by atoms with Gasteiger partial charge in [0.25, 0.3) is 0 Å². The van der Waals surface area contributed by atoms with Crippen LogP contribution in [-0.2, 0) is 21.4 Å². The van der Waals surface area contributed by atoms with Crippen molar-refractivity contribution in [3.63, 3.8) is 0 Å². The molecule has 4 nitrogen and oxygen atoms in total. The first kappa shape index (κ1) is 19.5. The lowest BCUT2D eigenvalue weighted by Gasteiger charge is -2.55. The lowest BCUT2D eigenvalue weighted by molar-refractivity contribution is -0.151. The minimum absolute atomic E-state index is 0.00897. The molecule has 0 heterocycles. The van der Waals surface area contributed by atoms with Crippen LogP contribution in [0.2, 0.25) is 0 Å². The van der Waals surface area contributed by atoms with Crippen molar-refractivity contribution in [1.82, 2.24) is 5.32 Å². The maximum Gasteiger partial charge on any atom is 0.326 e. The van der Waals surface area contributed by atoms with Gasteiger partial charge in [-0.3, -0.25) is 4.79 Å². The van der Waals surface area contributed by atoms with Gasteiger partial charge in [0.15, 0.2) is 0 Å².